The van der Waals surface area contributed by atoms with Crippen LogP contribution in [0.2, 0.25) is 0 Å². The monoisotopic (exact) mass is 191 g/mol. The molecule has 0 fully saturated rings. The fourth-order valence-electron chi connectivity index (χ4n) is 1.02. The second-order valence-corrected chi connectivity index (χ2v) is 2.69. The van der Waals surface area contributed by atoms with Gasteiger partial charge < -0.3 is 15.2 Å². The van der Waals surface area contributed by atoms with Crippen molar-refractivity contribution in [3.63, 3.8) is 0 Å². The van der Waals surface area contributed by atoms with Gasteiger partial charge in [0, 0.05) is 0 Å². The summed E-state index contributed by atoms with van der Waals surface area (Å²) in [6.07, 6.45) is 0. The van der Waals surface area contributed by atoms with Gasteiger partial charge in [0.15, 0.2) is 11.5 Å². The maximum Gasteiger partial charge on any atom is 0.173 e. The molecule has 14 heavy (non-hydrogen) atoms. The summed E-state index contributed by atoms with van der Waals surface area (Å²) in [5.41, 5.74) is 0.583. The Morgan fingerprint density at radius 1 is 1.50 bits per heavy atom. The third-order valence-corrected chi connectivity index (χ3v) is 1.71. The molecule has 0 saturated carbocycles. The van der Waals surface area contributed by atoms with Gasteiger partial charge in [-0.1, -0.05) is 17.9 Å². The summed E-state index contributed by atoms with van der Waals surface area (Å²) in [7, 11) is 3.33. The molecule has 0 aliphatic rings. The molecular weight excluding hydrogens is 178 g/mol. The number of hydrogen-bond donors (Lipinski definition) is 2. The van der Waals surface area contributed by atoms with Crippen LogP contribution in [0.15, 0.2) is 18.2 Å². The van der Waals surface area contributed by atoms with Gasteiger partial charge in [0.1, 0.15) is 0 Å². The van der Waals surface area contributed by atoms with Crippen LogP contribution in [0, 0.1) is 11.8 Å². The van der Waals surface area contributed by atoms with Crippen LogP contribution >= 0.6 is 0 Å². The molecule has 0 spiro atoms. The molecule has 0 radical (unpaired) electrons. The fraction of sp³-hybridized carbons (Fsp3) is 0.273. The summed E-state index contributed by atoms with van der Waals surface area (Å²) < 4.78 is 4.96. The zero-order valence-electron chi connectivity index (χ0n) is 8.29. The van der Waals surface area contributed by atoms with Crippen molar-refractivity contribution in [1.29, 1.82) is 0 Å². The highest BCUT2D eigenvalue weighted by molar-refractivity contribution is 5.53. The molecule has 74 valence electrons. The van der Waals surface area contributed by atoms with Crippen LogP contribution in [0.25, 0.3) is 0 Å². The topological polar surface area (TPSA) is 41.5 Å². The minimum absolute atomic E-state index is 0.0959. The zero-order chi connectivity index (χ0) is 10.4. The second-order valence-electron chi connectivity index (χ2n) is 2.69. The smallest absolute Gasteiger partial charge is 0.173 e. The molecule has 0 aliphatic carbocycles. The largest absolute Gasteiger partial charge is 0.503 e. The Morgan fingerprint density at radius 2 is 2.29 bits per heavy atom. The highest BCUT2D eigenvalue weighted by Gasteiger charge is 2.03. The Hall–Kier alpha value is -1.66. The van der Waals surface area contributed by atoms with E-state index in [1.54, 1.807) is 18.2 Å². The number of para-hydroxylation sites is 1. The van der Waals surface area contributed by atoms with Crippen molar-refractivity contribution >= 4 is 0 Å². The average molecular weight is 191 g/mol. The first-order valence-electron chi connectivity index (χ1n) is 4.29. The Kier molecular flexibility index (Phi) is 3.84. The standard InChI is InChI=1S/C11H13NO2/c1-12-8-4-6-9-5-3-7-10(14-2)11(9)13/h3,5,7,12-13H,8H2,1-2H3. The number of hydrogen-bond acceptors (Lipinski definition) is 3. The molecule has 0 amide bonds. The van der Waals surface area contributed by atoms with Crippen molar-refractivity contribution in [2.45, 2.75) is 0 Å². The summed E-state index contributed by atoms with van der Waals surface area (Å²) >= 11 is 0. The van der Waals surface area contributed by atoms with Gasteiger partial charge in [-0.25, -0.2) is 0 Å². The van der Waals surface area contributed by atoms with Gasteiger partial charge in [0.05, 0.1) is 19.2 Å². The molecule has 3 heteroatoms. The normalized spacial score (nSPS) is 9.00. The van der Waals surface area contributed by atoms with Gasteiger partial charge in [-0.3, -0.25) is 0 Å². The minimum Gasteiger partial charge on any atom is -0.503 e. The average Bonchev–Trinajstić information content (AvgIpc) is 2.21. The predicted molar refractivity (Wildman–Crippen MR) is 55.5 cm³/mol. The molecule has 0 aromatic heterocycles. The maximum atomic E-state index is 9.64. The van der Waals surface area contributed by atoms with Crippen LogP contribution in [0.3, 0.4) is 0 Å². The Bertz CT molecular complexity index is 363. The van der Waals surface area contributed by atoms with Crippen molar-refractivity contribution in [1.82, 2.24) is 5.32 Å². The number of phenolic OH excluding ortho intramolecular Hbond substituents is 1. The first-order valence-corrected chi connectivity index (χ1v) is 4.29. The van der Waals surface area contributed by atoms with Gasteiger partial charge in [-0.15, -0.1) is 0 Å². The minimum atomic E-state index is 0.0959. The molecule has 0 heterocycles. The van der Waals surface area contributed by atoms with E-state index in [9.17, 15) is 5.11 Å². The summed E-state index contributed by atoms with van der Waals surface area (Å²) in [6.45, 7) is 0.594. The van der Waals surface area contributed by atoms with E-state index >= 15 is 0 Å². The van der Waals surface area contributed by atoms with Crippen molar-refractivity contribution < 1.29 is 9.84 Å². The van der Waals surface area contributed by atoms with Crippen LogP contribution in [-0.2, 0) is 0 Å². The lowest BCUT2D eigenvalue weighted by molar-refractivity contribution is 0.373. The van der Waals surface area contributed by atoms with E-state index in [0.29, 0.717) is 17.9 Å². The first-order chi connectivity index (χ1) is 6.79. The quantitative estimate of drug-likeness (QED) is 0.684. The van der Waals surface area contributed by atoms with E-state index in [2.05, 4.69) is 17.2 Å². The van der Waals surface area contributed by atoms with Crippen LogP contribution < -0.4 is 10.1 Å². The molecule has 2 N–H and O–H groups in total. The lowest BCUT2D eigenvalue weighted by Gasteiger charge is -2.03. The summed E-state index contributed by atoms with van der Waals surface area (Å²) in [4.78, 5) is 0. The van der Waals surface area contributed by atoms with Gasteiger partial charge in [0.25, 0.3) is 0 Å². The van der Waals surface area contributed by atoms with Gasteiger partial charge >= 0.3 is 0 Å². The van der Waals surface area contributed by atoms with E-state index < -0.39 is 0 Å². The van der Waals surface area contributed by atoms with E-state index in [0.717, 1.165) is 0 Å². The van der Waals surface area contributed by atoms with Crippen molar-refractivity contribution in [2.75, 3.05) is 20.7 Å². The van der Waals surface area contributed by atoms with Gasteiger partial charge in [0.2, 0.25) is 0 Å². The lowest BCUT2D eigenvalue weighted by Crippen LogP contribution is -2.04. The molecule has 0 bridgehead atoms. The van der Waals surface area contributed by atoms with E-state index in [4.69, 9.17) is 4.74 Å². The number of nitrogens with one attached hydrogen (secondary N) is 1. The van der Waals surface area contributed by atoms with E-state index in [1.165, 1.54) is 7.11 Å². The van der Waals surface area contributed by atoms with E-state index in [-0.39, 0.29) is 5.75 Å². The fourth-order valence-corrected chi connectivity index (χ4v) is 1.02. The van der Waals surface area contributed by atoms with Crippen LogP contribution in [0.4, 0.5) is 0 Å². The van der Waals surface area contributed by atoms with Crippen molar-refractivity contribution in [3.8, 4) is 23.3 Å². The molecule has 0 saturated heterocycles. The number of rotatable bonds is 2. The van der Waals surface area contributed by atoms with Crippen LogP contribution in [0.5, 0.6) is 11.5 Å². The molecule has 1 aromatic rings. The number of methoxy groups -OCH3 is 1. The zero-order valence-corrected chi connectivity index (χ0v) is 8.29. The highest BCUT2D eigenvalue weighted by Crippen LogP contribution is 2.28. The summed E-state index contributed by atoms with van der Waals surface area (Å²) in [6, 6.07) is 5.24. The molecular formula is C11H13NO2. The molecule has 1 rings (SSSR count). The lowest BCUT2D eigenvalue weighted by atomic mass is 10.2. The second kappa shape index (κ2) is 5.15. The number of phenols is 1. The predicted octanol–water partition coefficient (Wildman–Crippen LogP) is 0.972. The Morgan fingerprint density at radius 3 is 2.93 bits per heavy atom. The van der Waals surface area contributed by atoms with Crippen molar-refractivity contribution in [3.05, 3.63) is 23.8 Å². The van der Waals surface area contributed by atoms with Crippen LogP contribution in [-0.4, -0.2) is 25.8 Å². The van der Waals surface area contributed by atoms with Gasteiger partial charge in [-0.05, 0) is 19.2 Å². The summed E-state index contributed by atoms with van der Waals surface area (Å²) in [5, 5.41) is 12.5. The first kappa shape index (κ1) is 10.4. The SMILES string of the molecule is CNCC#Cc1cccc(OC)c1O. The Labute approximate surface area is 83.7 Å². The molecule has 1 aromatic carbocycles. The number of ether oxygens (including phenoxy) is 1. The van der Waals surface area contributed by atoms with Crippen molar-refractivity contribution in [2.24, 2.45) is 0 Å². The molecule has 3 nitrogen and oxygen atoms in total. The summed E-state index contributed by atoms with van der Waals surface area (Å²) in [5.74, 6) is 6.25. The Balaban J connectivity index is 2.94. The number of benzene rings is 1. The maximum absolute atomic E-state index is 9.64. The third-order valence-electron chi connectivity index (χ3n) is 1.71. The number of aromatic hydroxyl groups is 1. The molecule has 0 unspecified atom stereocenters. The van der Waals surface area contributed by atoms with Gasteiger partial charge in [-0.2, -0.15) is 0 Å². The third kappa shape index (κ3) is 2.41. The molecule has 0 aliphatic heterocycles. The molecule has 0 atom stereocenters. The van der Waals surface area contributed by atoms with E-state index in [1.807, 2.05) is 7.05 Å². The van der Waals surface area contributed by atoms with Crippen LogP contribution in [0.1, 0.15) is 5.56 Å². The highest BCUT2D eigenvalue weighted by atomic mass is 16.5.